The highest BCUT2D eigenvalue weighted by atomic mass is 32.2. The Labute approximate surface area is 196 Å². The number of anilines is 1. The van der Waals surface area contributed by atoms with Crippen LogP contribution in [0.3, 0.4) is 0 Å². The number of carbonyl (C=O) groups is 2. The van der Waals surface area contributed by atoms with Gasteiger partial charge in [-0.2, -0.15) is 0 Å². The van der Waals surface area contributed by atoms with Gasteiger partial charge in [0.25, 0.3) is 10.0 Å². The van der Waals surface area contributed by atoms with Crippen molar-refractivity contribution in [1.29, 1.82) is 0 Å². The van der Waals surface area contributed by atoms with Crippen LogP contribution in [-0.4, -0.2) is 56.3 Å². The van der Waals surface area contributed by atoms with Crippen LogP contribution in [0.15, 0.2) is 58.8 Å². The van der Waals surface area contributed by atoms with Gasteiger partial charge in [-0.15, -0.1) is 11.3 Å². The van der Waals surface area contributed by atoms with Crippen molar-refractivity contribution in [3.8, 4) is 11.1 Å². The second kappa shape index (κ2) is 9.82. The van der Waals surface area contributed by atoms with Crippen molar-refractivity contribution < 1.29 is 22.7 Å². The first kappa shape index (κ1) is 23.1. The lowest BCUT2D eigenvalue weighted by Crippen LogP contribution is -2.41. The molecule has 0 unspecified atom stereocenters. The molecule has 1 saturated heterocycles. The number of morpholine rings is 1. The largest absolute Gasteiger partial charge is 0.378 e. The molecule has 33 heavy (non-hydrogen) atoms. The zero-order valence-electron chi connectivity index (χ0n) is 18.0. The molecule has 172 valence electrons. The van der Waals surface area contributed by atoms with E-state index in [1.807, 2.05) is 30.3 Å². The van der Waals surface area contributed by atoms with Crippen LogP contribution in [0.2, 0.25) is 0 Å². The standard InChI is InChI=1S/C23H23N3O5S2/c1-16(27)21-14-19(7-8-20(21)17-5-3-2-4-6-17)33(29,30)25-23-24-18(15-32-23)13-22(28)26-9-11-31-12-10-26/h2-8,14-15H,9-13H2,1H3,(H,24,25). The Morgan fingerprint density at radius 2 is 1.85 bits per heavy atom. The first-order valence-corrected chi connectivity index (χ1v) is 12.7. The number of benzene rings is 2. The lowest BCUT2D eigenvalue weighted by molar-refractivity contribution is -0.134. The van der Waals surface area contributed by atoms with Crippen molar-refractivity contribution >= 4 is 38.2 Å². The molecule has 0 bridgehead atoms. The highest BCUT2D eigenvalue weighted by molar-refractivity contribution is 7.93. The van der Waals surface area contributed by atoms with Crippen LogP contribution >= 0.6 is 11.3 Å². The van der Waals surface area contributed by atoms with Gasteiger partial charge in [-0.1, -0.05) is 36.4 Å². The fourth-order valence-corrected chi connectivity index (χ4v) is 5.53. The number of thiazole rings is 1. The normalized spacial score (nSPS) is 14.2. The molecule has 0 atom stereocenters. The van der Waals surface area contributed by atoms with Crippen molar-refractivity contribution in [2.45, 2.75) is 18.2 Å². The minimum Gasteiger partial charge on any atom is -0.378 e. The summed E-state index contributed by atoms with van der Waals surface area (Å²) in [5.74, 6) is -0.301. The van der Waals surface area contributed by atoms with Gasteiger partial charge in [0.15, 0.2) is 10.9 Å². The molecule has 0 spiro atoms. The summed E-state index contributed by atoms with van der Waals surface area (Å²) in [6.07, 6.45) is 0.0957. The van der Waals surface area contributed by atoms with Gasteiger partial charge in [0, 0.05) is 24.0 Å². The van der Waals surface area contributed by atoms with Crippen LogP contribution in [0, 0.1) is 0 Å². The summed E-state index contributed by atoms with van der Waals surface area (Å²) < 4.78 is 33.6. The summed E-state index contributed by atoms with van der Waals surface area (Å²) in [5.41, 5.74) is 2.31. The van der Waals surface area contributed by atoms with E-state index in [-0.39, 0.29) is 28.1 Å². The smallest absolute Gasteiger partial charge is 0.263 e. The summed E-state index contributed by atoms with van der Waals surface area (Å²) in [5, 5.41) is 1.83. The van der Waals surface area contributed by atoms with Crippen LogP contribution in [0.5, 0.6) is 0 Å². The number of carbonyl (C=O) groups excluding carboxylic acids is 2. The number of hydrogen-bond donors (Lipinski definition) is 1. The Hall–Kier alpha value is -3.08. The Morgan fingerprint density at radius 3 is 2.55 bits per heavy atom. The van der Waals surface area contributed by atoms with Crippen molar-refractivity contribution in [3.05, 3.63) is 65.2 Å². The Morgan fingerprint density at radius 1 is 1.12 bits per heavy atom. The van der Waals surface area contributed by atoms with Crippen LogP contribution in [0.1, 0.15) is 23.0 Å². The number of Topliss-reactive ketones (excluding diaryl/α,β-unsaturated/α-hetero) is 1. The lowest BCUT2D eigenvalue weighted by Gasteiger charge is -2.26. The number of hydrogen-bond acceptors (Lipinski definition) is 7. The molecule has 3 aromatic rings. The molecule has 2 heterocycles. The third-order valence-corrected chi connectivity index (χ3v) is 7.51. The van der Waals surface area contributed by atoms with E-state index < -0.39 is 10.0 Å². The van der Waals surface area contributed by atoms with Crippen molar-refractivity contribution in [2.75, 3.05) is 31.0 Å². The topological polar surface area (TPSA) is 106 Å². The van der Waals surface area contributed by atoms with E-state index in [0.717, 1.165) is 16.9 Å². The summed E-state index contributed by atoms with van der Waals surface area (Å²) in [7, 11) is -3.97. The van der Waals surface area contributed by atoms with E-state index in [4.69, 9.17) is 4.74 Å². The molecule has 1 amide bonds. The van der Waals surface area contributed by atoms with Crippen molar-refractivity contribution in [2.24, 2.45) is 0 Å². The fourth-order valence-electron chi connectivity index (χ4n) is 3.54. The minimum absolute atomic E-state index is 0.0338. The number of ether oxygens (including phenoxy) is 1. The first-order chi connectivity index (χ1) is 15.8. The molecule has 1 fully saturated rings. The van der Waals surface area contributed by atoms with E-state index in [1.165, 1.54) is 19.1 Å². The third kappa shape index (κ3) is 5.47. The molecule has 0 aliphatic carbocycles. The molecule has 2 aromatic carbocycles. The molecule has 1 aliphatic heterocycles. The molecule has 1 N–H and O–H groups in total. The van der Waals surface area contributed by atoms with Gasteiger partial charge in [0.1, 0.15) is 0 Å². The van der Waals surface area contributed by atoms with Gasteiger partial charge in [-0.3, -0.25) is 14.3 Å². The summed E-state index contributed by atoms with van der Waals surface area (Å²) >= 11 is 1.11. The number of sulfonamides is 1. The molecule has 0 radical (unpaired) electrons. The number of amides is 1. The van der Waals surface area contributed by atoms with Crippen molar-refractivity contribution in [3.63, 3.8) is 0 Å². The molecule has 0 saturated carbocycles. The maximum atomic E-state index is 13.0. The second-order valence-electron chi connectivity index (χ2n) is 7.55. The van der Waals surface area contributed by atoms with E-state index in [2.05, 4.69) is 9.71 Å². The fraction of sp³-hybridized carbons (Fsp3) is 0.261. The van der Waals surface area contributed by atoms with E-state index in [0.29, 0.717) is 43.1 Å². The number of rotatable bonds is 7. The predicted octanol–water partition coefficient (Wildman–Crippen LogP) is 3.21. The maximum absolute atomic E-state index is 13.0. The minimum atomic E-state index is -3.97. The summed E-state index contributed by atoms with van der Waals surface area (Å²) in [6.45, 7) is 3.52. The average Bonchev–Trinajstić information content (AvgIpc) is 3.25. The molecule has 1 aromatic heterocycles. The van der Waals surface area contributed by atoms with Crippen molar-refractivity contribution in [1.82, 2.24) is 9.88 Å². The first-order valence-electron chi connectivity index (χ1n) is 10.4. The van der Waals surface area contributed by atoms with Gasteiger partial charge in [-0.25, -0.2) is 13.4 Å². The Kier molecular flexibility index (Phi) is 6.87. The average molecular weight is 486 g/mol. The monoisotopic (exact) mass is 485 g/mol. The van der Waals surface area contributed by atoms with Gasteiger partial charge >= 0.3 is 0 Å². The van der Waals surface area contributed by atoms with Gasteiger partial charge < -0.3 is 9.64 Å². The molecule has 4 rings (SSSR count). The lowest BCUT2D eigenvalue weighted by atomic mass is 9.98. The molecule has 1 aliphatic rings. The van der Waals surface area contributed by atoms with Crippen LogP contribution in [0.25, 0.3) is 11.1 Å². The summed E-state index contributed by atoms with van der Waals surface area (Å²) in [6, 6.07) is 13.8. The van der Waals surface area contributed by atoms with Gasteiger partial charge in [0.05, 0.1) is 30.2 Å². The summed E-state index contributed by atoms with van der Waals surface area (Å²) in [4.78, 5) is 30.6. The number of ketones is 1. The molecule has 8 nitrogen and oxygen atoms in total. The van der Waals surface area contributed by atoms with E-state index in [1.54, 1.807) is 16.3 Å². The van der Waals surface area contributed by atoms with E-state index in [9.17, 15) is 18.0 Å². The zero-order chi connectivity index (χ0) is 23.4. The van der Waals surface area contributed by atoms with Gasteiger partial charge in [-0.05, 0) is 30.2 Å². The van der Waals surface area contributed by atoms with Crippen LogP contribution in [-0.2, 0) is 26.0 Å². The molecule has 10 heteroatoms. The predicted molar refractivity (Wildman–Crippen MR) is 126 cm³/mol. The SMILES string of the molecule is CC(=O)c1cc(S(=O)(=O)Nc2nc(CC(=O)N3CCOCC3)cs2)ccc1-c1ccccc1. The highest BCUT2D eigenvalue weighted by Crippen LogP contribution is 2.28. The number of aromatic nitrogens is 1. The zero-order valence-corrected chi connectivity index (χ0v) is 19.6. The molecular formula is C23H23N3O5S2. The third-order valence-electron chi connectivity index (χ3n) is 5.23. The maximum Gasteiger partial charge on any atom is 0.263 e. The van der Waals surface area contributed by atoms with Crippen LogP contribution < -0.4 is 4.72 Å². The van der Waals surface area contributed by atoms with Crippen LogP contribution in [0.4, 0.5) is 5.13 Å². The van der Waals surface area contributed by atoms with E-state index >= 15 is 0 Å². The Balaban J connectivity index is 1.51. The quantitative estimate of drug-likeness (QED) is 0.515. The number of nitrogens with one attached hydrogen (secondary N) is 1. The molecular weight excluding hydrogens is 462 g/mol. The number of nitrogens with zero attached hydrogens (tertiary/aromatic N) is 2. The highest BCUT2D eigenvalue weighted by Gasteiger charge is 2.22. The van der Waals surface area contributed by atoms with Gasteiger partial charge in [0.2, 0.25) is 5.91 Å². The Bertz CT molecular complexity index is 1270. The second-order valence-corrected chi connectivity index (χ2v) is 10.1.